The average Bonchev–Trinajstić information content (AvgIpc) is 2.46. The summed E-state index contributed by atoms with van der Waals surface area (Å²) in [6, 6.07) is 5.83. The molecule has 0 spiro atoms. The van der Waals surface area contributed by atoms with Crippen LogP contribution in [0.15, 0.2) is 29.8 Å². The Bertz CT molecular complexity index is 515. The molecule has 0 bridgehead atoms. The second kappa shape index (κ2) is 6.32. The molecule has 0 amide bonds. The van der Waals surface area contributed by atoms with Crippen molar-refractivity contribution in [2.45, 2.75) is 12.8 Å². The molecule has 1 saturated heterocycles. The second-order valence-corrected chi connectivity index (χ2v) is 4.67. The van der Waals surface area contributed by atoms with Gasteiger partial charge in [-0.15, -0.1) is 0 Å². The third-order valence-corrected chi connectivity index (χ3v) is 3.47. The normalized spacial score (nSPS) is 14.9. The van der Waals surface area contributed by atoms with Gasteiger partial charge in [-0.1, -0.05) is 5.57 Å². The highest BCUT2D eigenvalue weighted by atomic mass is 16.5. The average molecular weight is 277 g/mol. The quantitative estimate of drug-likeness (QED) is 0.856. The van der Waals surface area contributed by atoms with Crippen LogP contribution in [0.3, 0.4) is 0 Å². The highest BCUT2D eigenvalue weighted by molar-refractivity contribution is 5.80. The number of rotatable bonds is 4. The Morgan fingerprint density at radius 2 is 1.85 bits per heavy atom. The van der Waals surface area contributed by atoms with Crippen LogP contribution in [-0.2, 0) is 4.79 Å². The van der Waals surface area contributed by atoms with E-state index in [1.807, 2.05) is 18.2 Å². The Morgan fingerprint density at radius 1 is 1.20 bits per heavy atom. The maximum Gasteiger partial charge on any atom is 0.328 e. The van der Waals surface area contributed by atoms with E-state index in [1.54, 1.807) is 14.2 Å². The van der Waals surface area contributed by atoms with Crippen molar-refractivity contribution >= 4 is 11.7 Å². The van der Waals surface area contributed by atoms with Crippen LogP contribution >= 0.6 is 0 Å². The number of methoxy groups -OCH3 is 2. The van der Waals surface area contributed by atoms with Crippen molar-refractivity contribution in [3.8, 4) is 11.5 Å². The maximum absolute atomic E-state index is 10.7. The number of hydrogen-bond donors (Lipinski definition) is 1. The molecule has 0 unspecified atom stereocenters. The number of piperidine rings is 1. The van der Waals surface area contributed by atoms with E-state index in [9.17, 15) is 4.79 Å². The van der Waals surface area contributed by atoms with E-state index in [1.165, 1.54) is 6.08 Å². The first-order valence-electron chi connectivity index (χ1n) is 6.53. The van der Waals surface area contributed by atoms with Gasteiger partial charge in [-0.25, -0.2) is 4.79 Å². The Kier molecular flexibility index (Phi) is 4.50. The van der Waals surface area contributed by atoms with Gasteiger partial charge in [-0.05, 0) is 25.0 Å². The largest absolute Gasteiger partial charge is 0.493 e. The fourth-order valence-electron chi connectivity index (χ4n) is 2.39. The molecule has 0 aromatic heterocycles. The molecular weight excluding hydrogens is 258 g/mol. The van der Waals surface area contributed by atoms with Gasteiger partial charge in [-0.3, -0.25) is 0 Å². The molecule has 1 aromatic carbocycles. The summed E-state index contributed by atoms with van der Waals surface area (Å²) >= 11 is 0. The van der Waals surface area contributed by atoms with Crippen LogP contribution in [-0.4, -0.2) is 38.4 Å². The number of nitrogens with zero attached hydrogens (tertiary/aromatic N) is 1. The lowest BCUT2D eigenvalue weighted by Crippen LogP contribution is -2.30. The number of hydrogen-bond acceptors (Lipinski definition) is 4. The van der Waals surface area contributed by atoms with Gasteiger partial charge in [0.15, 0.2) is 11.5 Å². The summed E-state index contributed by atoms with van der Waals surface area (Å²) in [5.74, 6) is 0.552. The van der Waals surface area contributed by atoms with Crippen LogP contribution in [0.25, 0.3) is 0 Å². The summed E-state index contributed by atoms with van der Waals surface area (Å²) in [7, 11) is 3.23. The monoisotopic (exact) mass is 277 g/mol. The van der Waals surface area contributed by atoms with Crippen molar-refractivity contribution in [3.05, 3.63) is 29.8 Å². The minimum Gasteiger partial charge on any atom is -0.493 e. The van der Waals surface area contributed by atoms with E-state index >= 15 is 0 Å². The first kappa shape index (κ1) is 14.2. The molecule has 0 atom stereocenters. The lowest BCUT2D eigenvalue weighted by atomic mass is 10.0. The minimum atomic E-state index is -0.862. The van der Waals surface area contributed by atoms with Crippen molar-refractivity contribution in [1.29, 1.82) is 0 Å². The van der Waals surface area contributed by atoms with Crippen molar-refractivity contribution < 1.29 is 19.4 Å². The first-order valence-corrected chi connectivity index (χ1v) is 6.53. The topological polar surface area (TPSA) is 59.0 Å². The van der Waals surface area contributed by atoms with E-state index in [-0.39, 0.29) is 0 Å². The van der Waals surface area contributed by atoms with Crippen molar-refractivity contribution in [2.75, 3.05) is 32.2 Å². The predicted molar refractivity (Wildman–Crippen MR) is 76.7 cm³/mol. The van der Waals surface area contributed by atoms with Crippen LogP contribution in [0.1, 0.15) is 12.8 Å². The van der Waals surface area contributed by atoms with Crippen molar-refractivity contribution in [1.82, 2.24) is 0 Å². The third-order valence-electron chi connectivity index (χ3n) is 3.47. The summed E-state index contributed by atoms with van der Waals surface area (Å²) in [4.78, 5) is 12.9. The van der Waals surface area contributed by atoms with Crippen LogP contribution < -0.4 is 14.4 Å². The zero-order chi connectivity index (χ0) is 14.5. The first-order chi connectivity index (χ1) is 9.63. The number of anilines is 1. The number of carboxylic acids is 1. The van der Waals surface area contributed by atoms with E-state index in [4.69, 9.17) is 14.6 Å². The number of aliphatic carboxylic acids is 1. The summed E-state index contributed by atoms with van der Waals surface area (Å²) < 4.78 is 10.5. The van der Waals surface area contributed by atoms with Gasteiger partial charge >= 0.3 is 5.97 Å². The van der Waals surface area contributed by atoms with Crippen molar-refractivity contribution in [2.24, 2.45) is 0 Å². The highest BCUT2D eigenvalue weighted by Gasteiger charge is 2.16. The third kappa shape index (κ3) is 3.23. The van der Waals surface area contributed by atoms with Gasteiger partial charge in [-0.2, -0.15) is 0 Å². The molecule has 5 nitrogen and oxygen atoms in total. The van der Waals surface area contributed by atoms with Gasteiger partial charge in [0.1, 0.15) is 0 Å². The van der Waals surface area contributed by atoms with Crippen molar-refractivity contribution in [3.63, 3.8) is 0 Å². The van der Waals surface area contributed by atoms with Gasteiger partial charge in [0.2, 0.25) is 0 Å². The van der Waals surface area contributed by atoms with E-state index in [2.05, 4.69) is 4.90 Å². The molecule has 0 aliphatic carbocycles. The molecule has 108 valence electrons. The molecule has 1 N–H and O–H groups in total. The second-order valence-electron chi connectivity index (χ2n) is 4.67. The molecule has 5 heteroatoms. The SMILES string of the molecule is COc1ccc(N2CCC(=CC(=O)O)CC2)cc1OC. The molecule has 0 saturated carbocycles. The van der Waals surface area contributed by atoms with Gasteiger partial charge in [0.05, 0.1) is 14.2 Å². The lowest BCUT2D eigenvalue weighted by Gasteiger charge is -2.30. The highest BCUT2D eigenvalue weighted by Crippen LogP contribution is 2.33. The molecule has 0 radical (unpaired) electrons. The molecule has 1 aromatic rings. The summed E-state index contributed by atoms with van der Waals surface area (Å²) in [5.41, 5.74) is 2.06. The van der Waals surface area contributed by atoms with E-state index in [0.717, 1.165) is 37.2 Å². The van der Waals surface area contributed by atoms with Crippen LogP contribution in [0.2, 0.25) is 0 Å². The van der Waals surface area contributed by atoms with Crippen LogP contribution in [0.4, 0.5) is 5.69 Å². The molecular formula is C15H19NO4. The summed E-state index contributed by atoms with van der Waals surface area (Å²) in [5, 5.41) is 8.75. The zero-order valence-electron chi connectivity index (χ0n) is 11.8. The number of carboxylic acid groups (broad SMARTS) is 1. The Morgan fingerprint density at radius 3 is 2.40 bits per heavy atom. The predicted octanol–water partition coefficient (Wildman–Crippen LogP) is 2.32. The number of benzene rings is 1. The molecule has 1 aliphatic rings. The minimum absolute atomic E-state index is 0.705. The summed E-state index contributed by atoms with van der Waals surface area (Å²) in [6.45, 7) is 1.63. The van der Waals surface area contributed by atoms with E-state index < -0.39 is 5.97 Å². The van der Waals surface area contributed by atoms with Gasteiger partial charge < -0.3 is 19.5 Å². The lowest BCUT2D eigenvalue weighted by molar-refractivity contribution is -0.131. The molecule has 20 heavy (non-hydrogen) atoms. The maximum atomic E-state index is 10.7. The zero-order valence-corrected chi connectivity index (χ0v) is 11.8. The summed E-state index contributed by atoms with van der Waals surface area (Å²) in [6.07, 6.45) is 2.88. The molecule has 2 rings (SSSR count). The molecule has 1 fully saturated rings. The number of carbonyl (C=O) groups is 1. The fourth-order valence-corrected chi connectivity index (χ4v) is 2.39. The standard InChI is InChI=1S/C15H19NO4/c1-19-13-4-3-12(10-14(13)20-2)16-7-5-11(6-8-16)9-15(17)18/h3-4,9-10H,5-8H2,1-2H3,(H,17,18). The van der Waals surface area contributed by atoms with Crippen LogP contribution in [0, 0.1) is 0 Å². The van der Waals surface area contributed by atoms with Gasteiger partial charge in [0, 0.05) is 30.9 Å². The Hall–Kier alpha value is -2.17. The van der Waals surface area contributed by atoms with Gasteiger partial charge in [0.25, 0.3) is 0 Å². The fraction of sp³-hybridized carbons (Fsp3) is 0.400. The Balaban J connectivity index is 2.09. The molecule has 1 heterocycles. The smallest absolute Gasteiger partial charge is 0.328 e. The Labute approximate surface area is 118 Å². The van der Waals surface area contributed by atoms with Crippen LogP contribution in [0.5, 0.6) is 11.5 Å². The molecule has 1 aliphatic heterocycles. The van der Waals surface area contributed by atoms with E-state index in [0.29, 0.717) is 11.5 Å². The number of ether oxygens (including phenoxy) is 2.